The van der Waals surface area contributed by atoms with Gasteiger partial charge in [0, 0.05) is 44.5 Å². The molecule has 1 saturated heterocycles. The van der Waals surface area contributed by atoms with Crippen LogP contribution in [0.2, 0.25) is 0 Å². The Morgan fingerprint density at radius 2 is 1.95 bits per heavy atom. The lowest BCUT2D eigenvalue weighted by Crippen LogP contribution is -2.34. The van der Waals surface area contributed by atoms with E-state index in [2.05, 4.69) is 35.4 Å². The van der Waals surface area contributed by atoms with E-state index in [1.807, 2.05) is 12.5 Å². The van der Waals surface area contributed by atoms with Gasteiger partial charge in [-0.1, -0.05) is 6.42 Å². The number of likely N-dealkylation sites (tertiary alicyclic amines) is 1. The SMILES string of the molecule is c1cn(C2CCN(Cc3nnc4n3CCCCC4)CC2)cn1. The quantitative estimate of drug-likeness (QED) is 0.870. The predicted octanol–water partition coefficient (Wildman–Crippen LogP) is 2.04. The smallest absolute Gasteiger partial charge is 0.147 e. The third-order valence-electron chi connectivity index (χ3n) is 5.05. The van der Waals surface area contributed by atoms with Gasteiger partial charge in [-0.05, 0) is 25.7 Å². The standard InChI is InChI=1S/C16H24N6/c1-2-4-15-18-19-16(22(15)8-3-1)12-20-9-5-14(6-10-20)21-11-7-17-13-21/h7,11,13-14H,1-6,8-10,12H2. The maximum Gasteiger partial charge on any atom is 0.147 e. The maximum absolute atomic E-state index is 4.46. The van der Waals surface area contributed by atoms with E-state index in [0.717, 1.165) is 38.4 Å². The van der Waals surface area contributed by atoms with Crippen LogP contribution in [0.25, 0.3) is 0 Å². The van der Waals surface area contributed by atoms with Gasteiger partial charge in [-0.15, -0.1) is 10.2 Å². The van der Waals surface area contributed by atoms with E-state index in [1.165, 1.54) is 37.9 Å². The summed E-state index contributed by atoms with van der Waals surface area (Å²) in [6.45, 7) is 4.31. The Morgan fingerprint density at radius 1 is 1.05 bits per heavy atom. The Morgan fingerprint density at radius 3 is 2.77 bits per heavy atom. The number of fused-ring (bicyclic) bond motifs is 1. The molecule has 0 bridgehead atoms. The lowest BCUT2D eigenvalue weighted by molar-refractivity contribution is 0.174. The van der Waals surface area contributed by atoms with Crippen LogP contribution in [0.5, 0.6) is 0 Å². The monoisotopic (exact) mass is 300 g/mol. The summed E-state index contributed by atoms with van der Waals surface area (Å²) >= 11 is 0. The number of piperidine rings is 1. The molecular weight excluding hydrogens is 276 g/mol. The van der Waals surface area contributed by atoms with Gasteiger partial charge in [0.05, 0.1) is 12.9 Å². The summed E-state index contributed by atoms with van der Waals surface area (Å²) < 4.78 is 4.62. The fourth-order valence-electron chi connectivity index (χ4n) is 3.72. The van der Waals surface area contributed by atoms with Gasteiger partial charge in [-0.3, -0.25) is 4.90 Å². The van der Waals surface area contributed by atoms with Crippen LogP contribution < -0.4 is 0 Å². The van der Waals surface area contributed by atoms with Gasteiger partial charge in [0.25, 0.3) is 0 Å². The molecule has 22 heavy (non-hydrogen) atoms. The van der Waals surface area contributed by atoms with Crippen LogP contribution in [0.1, 0.15) is 49.8 Å². The molecule has 0 saturated carbocycles. The van der Waals surface area contributed by atoms with Gasteiger partial charge in [-0.2, -0.15) is 0 Å². The highest BCUT2D eigenvalue weighted by molar-refractivity contribution is 4.98. The highest BCUT2D eigenvalue weighted by Crippen LogP contribution is 2.23. The van der Waals surface area contributed by atoms with Crippen molar-refractivity contribution in [3.05, 3.63) is 30.4 Å². The van der Waals surface area contributed by atoms with Crippen molar-refractivity contribution < 1.29 is 0 Å². The van der Waals surface area contributed by atoms with Crippen molar-refractivity contribution in [3.63, 3.8) is 0 Å². The van der Waals surface area contributed by atoms with Gasteiger partial charge in [-0.25, -0.2) is 4.98 Å². The van der Waals surface area contributed by atoms with Crippen molar-refractivity contribution in [1.29, 1.82) is 0 Å². The Bertz CT molecular complexity index is 594. The average Bonchev–Trinajstić information content (AvgIpc) is 3.14. The molecule has 0 N–H and O–H groups in total. The molecule has 6 heteroatoms. The number of aryl methyl sites for hydroxylation is 1. The summed E-state index contributed by atoms with van der Waals surface area (Å²) in [4.78, 5) is 6.69. The van der Waals surface area contributed by atoms with Gasteiger partial charge in [0.2, 0.25) is 0 Å². The van der Waals surface area contributed by atoms with E-state index in [-0.39, 0.29) is 0 Å². The van der Waals surface area contributed by atoms with Crippen molar-refractivity contribution in [1.82, 2.24) is 29.2 Å². The number of aromatic nitrogens is 5. The lowest BCUT2D eigenvalue weighted by Gasteiger charge is -2.32. The summed E-state index contributed by atoms with van der Waals surface area (Å²) in [6.07, 6.45) is 13.2. The Kier molecular flexibility index (Phi) is 3.93. The van der Waals surface area contributed by atoms with E-state index >= 15 is 0 Å². The third-order valence-corrected chi connectivity index (χ3v) is 5.05. The van der Waals surface area contributed by atoms with Crippen LogP contribution >= 0.6 is 0 Å². The minimum absolute atomic E-state index is 0.606. The zero-order valence-corrected chi connectivity index (χ0v) is 13.1. The highest BCUT2D eigenvalue weighted by Gasteiger charge is 2.22. The minimum atomic E-state index is 0.606. The van der Waals surface area contributed by atoms with Crippen molar-refractivity contribution in [2.75, 3.05) is 13.1 Å². The first kappa shape index (κ1) is 13.9. The van der Waals surface area contributed by atoms with Crippen LogP contribution in [-0.2, 0) is 19.5 Å². The molecule has 0 spiro atoms. The molecule has 0 aliphatic carbocycles. The molecule has 118 valence electrons. The predicted molar refractivity (Wildman–Crippen MR) is 83.4 cm³/mol. The summed E-state index contributed by atoms with van der Waals surface area (Å²) in [6, 6.07) is 0.606. The fourth-order valence-corrected chi connectivity index (χ4v) is 3.72. The number of imidazole rings is 1. The Balaban J connectivity index is 1.38. The minimum Gasteiger partial charge on any atom is -0.334 e. The molecule has 4 heterocycles. The Hall–Kier alpha value is -1.69. The van der Waals surface area contributed by atoms with Crippen molar-refractivity contribution in [3.8, 4) is 0 Å². The van der Waals surface area contributed by atoms with E-state index in [0.29, 0.717) is 6.04 Å². The molecule has 2 aromatic rings. The number of rotatable bonds is 3. The molecule has 0 amide bonds. The lowest BCUT2D eigenvalue weighted by atomic mass is 10.1. The zero-order valence-electron chi connectivity index (χ0n) is 13.1. The molecule has 2 aliphatic heterocycles. The second-order valence-electron chi connectivity index (χ2n) is 6.51. The van der Waals surface area contributed by atoms with E-state index < -0.39 is 0 Å². The second kappa shape index (κ2) is 6.20. The fraction of sp³-hybridized carbons (Fsp3) is 0.688. The first-order valence-corrected chi connectivity index (χ1v) is 8.51. The molecule has 0 radical (unpaired) electrons. The maximum atomic E-state index is 4.46. The largest absolute Gasteiger partial charge is 0.334 e. The summed E-state index contributed by atoms with van der Waals surface area (Å²) in [5.41, 5.74) is 0. The van der Waals surface area contributed by atoms with E-state index in [1.54, 1.807) is 0 Å². The molecule has 2 aliphatic rings. The van der Waals surface area contributed by atoms with Crippen molar-refractivity contribution >= 4 is 0 Å². The third kappa shape index (κ3) is 2.79. The van der Waals surface area contributed by atoms with Gasteiger partial charge >= 0.3 is 0 Å². The van der Waals surface area contributed by atoms with E-state index in [4.69, 9.17) is 0 Å². The Labute approximate surface area is 131 Å². The summed E-state index contributed by atoms with van der Waals surface area (Å²) in [5, 5.41) is 8.87. The second-order valence-corrected chi connectivity index (χ2v) is 6.51. The van der Waals surface area contributed by atoms with Crippen LogP contribution in [0.4, 0.5) is 0 Å². The number of hydrogen-bond acceptors (Lipinski definition) is 4. The van der Waals surface area contributed by atoms with Gasteiger partial charge in [0.1, 0.15) is 11.6 Å². The zero-order chi connectivity index (χ0) is 14.8. The molecule has 1 fully saturated rings. The van der Waals surface area contributed by atoms with Crippen LogP contribution in [0, 0.1) is 0 Å². The average molecular weight is 300 g/mol. The van der Waals surface area contributed by atoms with Crippen LogP contribution in [-0.4, -0.2) is 42.3 Å². The highest BCUT2D eigenvalue weighted by atomic mass is 15.3. The molecular formula is C16H24N6. The van der Waals surface area contributed by atoms with Crippen molar-refractivity contribution in [2.45, 2.75) is 57.7 Å². The molecule has 4 rings (SSSR count). The number of hydrogen-bond donors (Lipinski definition) is 0. The van der Waals surface area contributed by atoms with Gasteiger partial charge < -0.3 is 9.13 Å². The summed E-state index contributed by atoms with van der Waals surface area (Å²) in [7, 11) is 0. The first-order chi connectivity index (χ1) is 10.9. The number of nitrogens with zero attached hydrogens (tertiary/aromatic N) is 6. The van der Waals surface area contributed by atoms with E-state index in [9.17, 15) is 0 Å². The topological polar surface area (TPSA) is 51.8 Å². The van der Waals surface area contributed by atoms with Gasteiger partial charge in [0.15, 0.2) is 0 Å². The molecule has 0 atom stereocenters. The first-order valence-electron chi connectivity index (χ1n) is 8.51. The molecule has 0 unspecified atom stereocenters. The summed E-state index contributed by atoms with van der Waals surface area (Å²) in [5.74, 6) is 2.36. The molecule has 6 nitrogen and oxygen atoms in total. The normalized spacial score (nSPS) is 20.7. The van der Waals surface area contributed by atoms with Crippen molar-refractivity contribution in [2.24, 2.45) is 0 Å². The van der Waals surface area contributed by atoms with Crippen LogP contribution in [0.3, 0.4) is 0 Å². The van der Waals surface area contributed by atoms with Crippen LogP contribution in [0.15, 0.2) is 18.7 Å². The molecule has 0 aromatic carbocycles. The molecule has 2 aromatic heterocycles.